The van der Waals surface area contributed by atoms with E-state index in [9.17, 15) is 4.79 Å². The number of benzene rings is 2. The van der Waals surface area contributed by atoms with Crippen LogP contribution in [0.1, 0.15) is 16.7 Å². The topological polar surface area (TPSA) is 70.1 Å². The average Bonchev–Trinajstić information content (AvgIpc) is 2.89. The Balaban J connectivity index is 2.01. The Morgan fingerprint density at radius 1 is 1.24 bits per heavy atom. The summed E-state index contributed by atoms with van der Waals surface area (Å²) in [4.78, 5) is 12.8. The van der Waals surface area contributed by atoms with Crippen molar-refractivity contribution >= 4 is 5.91 Å². The quantitative estimate of drug-likeness (QED) is 0.874. The first-order chi connectivity index (χ1) is 10.2. The molecule has 0 saturated carbocycles. The van der Waals surface area contributed by atoms with Crippen molar-refractivity contribution in [1.82, 2.24) is 4.90 Å². The molecular formula is C17H15N3O. The summed E-state index contributed by atoms with van der Waals surface area (Å²) in [7, 11) is 0. The lowest BCUT2D eigenvalue weighted by molar-refractivity contribution is -0.117. The van der Waals surface area contributed by atoms with Gasteiger partial charge >= 0.3 is 0 Å². The predicted octanol–water partition coefficient (Wildman–Crippen LogP) is 2.18. The molecule has 0 unspecified atom stereocenters. The number of amides is 1. The van der Waals surface area contributed by atoms with Gasteiger partial charge < -0.3 is 10.6 Å². The molecule has 104 valence electrons. The maximum atomic E-state index is 11.1. The van der Waals surface area contributed by atoms with E-state index in [-0.39, 0.29) is 12.3 Å². The summed E-state index contributed by atoms with van der Waals surface area (Å²) in [5, 5.41) is 9.07. The van der Waals surface area contributed by atoms with Crippen LogP contribution in [0.5, 0.6) is 0 Å². The molecular weight excluding hydrogens is 262 g/mol. The molecule has 0 spiro atoms. The maximum absolute atomic E-state index is 11.1. The molecule has 21 heavy (non-hydrogen) atoms. The minimum absolute atomic E-state index is 0.243. The summed E-state index contributed by atoms with van der Waals surface area (Å²) in [6.07, 6.45) is 2.44. The highest BCUT2D eigenvalue weighted by Crippen LogP contribution is 2.32. The molecule has 1 amide bonds. The van der Waals surface area contributed by atoms with E-state index in [2.05, 4.69) is 18.3 Å². The number of carbonyl (C=O) groups excluding carboxylic acids is 1. The number of nitrogens with two attached hydrogens (primary N) is 1. The molecule has 4 nitrogen and oxygen atoms in total. The number of hydrogen-bond donors (Lipinski definition) is 1. The fourth-order valence-electron chi connectivity index (χ4n) is 2.81. The van der Waals surface area contributed by atoms with Gasteiger partial charge in [-0.05, 0) is 27.8 Å². The van der Waals surface area contributed by atoms with E-state index < -0.39 is 0 Å². The fourth-order valence-corrected chi connectivity index (χ4v) is 2.81. The number of fused-ring (bicyclic) bond motifs is 1. The first-order valence-electron chi connectivity index (χ1n) is 6.80. The van der Waals surface area contributed by atoms with Crippen molar-refractivity contribution in [2.75, 3.05) is 0 Å². The summed E-state index contributed by atoms with van der Waals surface area (Å²) in [6, 6.07) is 14.0. The number of nitriles is 1. The molecule has 0 atom stereocenters. The number of nitrogens with zero attached hydrogens (tertiary/aromatic N) is 2. The van der Waals surface area contributed by atoms with Gasteiger partial charge in [0.1, 0.15) is 0 Å². The van der Waals surface area contributed by atoms with Crippen LogP contribution in [-0.2, 0) is 24.3 Å². The van der Waals surface area contributed by atoms with E-state index in [0.717, 1.165) is 16.7 Å². The lowest BCUT2D eigenvalue weighted by atomic mass is 9.95. The standard InChI is InChI=1S/C17H15N3O/c18-11-20-9-14-5-2-6-15(16(14)10-20)13-4-1-3-12(7-13)8-17(19)21/h1-7H,8-10H2,(H2,19,21). The first-order valence-corrected chi connectivity index (χ1v) is 6.80. The molecule has 2 N–H and O–H groups in total. The normalized spacial score (nSPS) is 12.8. The van der Waals surface area contributed by atoms with E-state index in [4.69, 9.17) is 11.0 Å². The predicted molar refractivity (Wildman–Crippen MR) is 79.6 cm³/mol. The molecule has 0 aromatic heterocycles. The molecule has 3 rings (SSSR count). The number of primary amides is 1. The molecule has 2 aromatic carbocycles. The number of carbonyl (C=O) groups is 1. The Hall–Kier alpha value is -2.80. The third kappa shape index (κ3) is 2.59. The molecule has 0 aliphatic carbocycles. The van der Waals surface area contributed by atoms with Crippen LogP contribution >= 0.6 is 0 Å². The summed E-state index contributed by atoms with van der Waals surface area (Å²) in [6.45, 7) is 1.31. The Kier molecular flexibility index (Phi) is 3.33. The van der Waals surface area contributed by atoms with Crippen LogP contribution in [0.4, 0.5) is 0 Å². The smallest absolute Gasteiger partial charge is 0.221 e. The van der Waals surface area contributed by atoms with E-state index in [1.807, 2.05) is 30.3 Å². The molecule has 1 heterocycles. The van der Waals surface area contributed by atoms with Crippen LogP contribution in [0, 0.1) is 11.5 Å². The molecule has 4 heteroatoms. The number of hydrogen-bond acceptors (Lipinski definition) is 3. The Bertz CT molecular complexity index is 746. The van der Waals surface area contributed by atoms with Crippen LogP contribution in [0.2, 0.25) is 0 Å². The zero-order valence-electron chi connectivity index (χ0n) is 11.5. The minimum Gasteiger partial charge on any atom is -0.369 e. The molecule has 0 radical (unpaired) electrons. The minimum atomic E-state index is -0.332. The lowest BCUT2D eigenvalue weighted by Gasteiger charge is -2.09. The van der Waals surface area contributed by atoms with Crippen LogP contribution in [-0.4, -0.2) is 10.8 Å². The highest BCUT2D eigenvalue weighted by atomic mass is 16.1. The van der Waals surface area contributed by atoms with Crippen molar-refractivity contribution in [2.45, 2.75) is 19.5 Å². The maximum Gasteiger partial charge on any atom is 0.221 e. The monoisotopic (exact) mass is 277 g/mol. The SMILES string of the molecule is N#CN1Cc2cccc(-c3cccc(CC(N)=O)c3)c2C1. The van der Waals surface area contributed by atoms with E-state index in [1.54, 1.807) is 4.90 Å². The van der Waals surface area contributed by atoms with Crippen molar-refractivity contribution in [2.24, 2.45) is 5.73 Å². The largest absolute Gasteiger partial charge is 0.369 e. The summed E-state index contributed by atoms with van der Waals surface area (Å²) in [5.41, 5.74) is 10.7. The van der Waals surface area contributed by atoms with Crippen LogP contribution < -0.4 is 5.73 Å². The summed E-state index contributed by atoms with van der Waals surface area (Å²) >= 11 is 0. The van der Waals surface area contributed by atoms with E-state index in [0.29, 0.717) is 13.1 Å². The zero-order valence-corrected chi connectivity index (χ0v) is 11.5. The molecule has 2 aromatic rings. The highest BCUT2D eigenvalue weighted by molar-refractivity contribution is 5.78. The van der Waals surface area contributed by atoms with Crippen molar-refractivity contribution in [1.29, 1.82) is 5.26 Å². The van der Waals surface area contributed by atoms with Gasteiger partial charge in [-0.15, -0.1) is 0 Å². The van der Waals surface area contributed by atoms with Gasteiger partial charge in [0.05, 0.1) is 19.5 Å². The highest BCUT2D eigenvalue weighted by Gasteiger charge is 2.21. The van der Waals surface area contributed by atoms with Crippen molar-refractivity contribution in [3.63, 3.8) is 0 Å². The molecule has 1 aliphatic heterocycles. The summed E-state index contributed by atoms with van der Waals surface area (Å²) < 4.78 is 0. The first kappa shape index (κ1) is 13.2. The zero-order chi connectivity index (χ0) is 14.8. The van der Waals surface area contributed by atoms with Gasteiger partial charge in [0.2, 0.25) is 5.91 Å². The van der Waals surface area contributed by atoms with Crippen LogP contribution in [0.3, 0.4) is 0 Å². The second kappa shape index (κ2) is 5.29. The Morgan fingerprint density at radius 3 is 2.81 bits per heavy atom. The van der Waals surface area contributed by atoms with Gasteiger partial charge in [0.15, 0.2) is 6.19 Å². The Labute approximate surface area is 123 Å². The van der Waals surface area contributed by atoms with E-state index >= 15 is 0 Å². The van der Waals surface area contributed by atoms with Gasteiger partial charge in [0, 0.05) is 0 Å². The van der Waals surface area contributed by atoms with Crippen LogP contribution in [0.15, 0.2) is 42.5 Å². The van der Waals surface area contributed by atoms with Crippen molar-refractivity contribution in [3.8, 4) is 17.3 Å². The van der Waals surface area contributed by atoms with Crippen molar-refractivity contribution < 1.29 is 4.79 Å². The van der Waals surface area contributed by atoms with Crippen molar-refractivity contribution in [3.05, 3.63) is 59.2 Å². The fraction of sp³-hybridized carbons (Fsp3) is 0.176. The van der Waals surface area contributed by atoms with E-state index in [1.165, 1.54) is 11.1 Å². The molecule has 1 aliphatic rings. The van der Waals surface area contributed by atoms with Crippen LogP contribution in [0.25, 0.3) is 11.1 Å². The second-order valence-corrected chi connectivity index (χ2v) is 5.24. The van der Waals surface area contributed by atoms with Gasteiger partial charge in [-0.1, -0.05) is 42.5 Å². The third-order valence-electron chi connectivity index (χ3n) is 3.74. The molecule has 0 fully saturated rings. The van der Waals surface area contributed by atoms with Gasteiger partial charge in [-0.2, -0.15) is 5.26 Å². The number of rotatable bonds is 3. The average molecular weight is 277 g/mol. The van der Waals surface area contributed by atoms with Gasteiger partial charge in [-0.25, -0.2) is 0 Å². The third-order valence-corrected chi connectivity index (χ3v) is 3.74. The second-order valence-electron chi connectivity index (χ2n) is 5.24. The molecule has 0 saturated heterocycles. The lowest BCUT2D eigenvalue weighted by Crippen LogP contribution is -2.13. The summed E-state index contributed by atoms with van der Waals surface area (Å²) in [5.74, 6) is -0.332. The molecule has 0 bridgehead atoms. The Morgan fingerprint density at radius 2 is 2.05 bits per heavy atom. The van der Waals surface area contributed by atoms with Gasteiger partial charge in [0.25, 0.3) is 0 Å². The van der Waals surface area contributed by atoms with Gasteiger partial charge in [-0.3, -0.25) is 4.79 Å².